The smallest absolute Gasteiger partial charge is 0.412 e. The monoisotopic (exact) mass is 449 g/mol. The first kappa shape index (κ1) is 22.2. The number of hydrogen-bond donors (Lipinski definition) is 1. The molecule has 1 heterocycles. The van der Waals surface area contributed by atoms with Crippen LogP contribution >= 0.6 is 11.6 Å². The van der Waals surface area contributed by atoms with Gasteiger partial charge in [-0.2, -0.15) is 0 Å². The highest BCUT2D eigenvalue weighted by molar-refractivity contribution is 6.30. The van der Waals surface area contributed by atoms with Crippen molar-refractivity contribution in [3.05, 3.63) is 93.5 Å². The van der Waals surface area contributed by atoms with Gasteiger partial charge >= 0.3 is 6.09 Å². The lowest BCUT2D eigenvalue weighted by molar-refractivity contribution is 0.130. The third-order valence-electron chi connectivity index (χ3n) is 5.80. The van der Waals surface area contributed by atoms with E-state index in [1.54, 1.807) is 12.1 Å². The quantitative estimate of drug-likeness (QED) is 0.441. The lowest BCUT2D eigenvalue weighted by Crippen LogP contribution is -2.20. The molecule has 0 saturated carbocycles. The van der Waals surface area contributed by atoms with Crippen LogP contribution in [0, 0.1) is 0 Å². The standard InChI is InChI=1S/C27H28ClNO3/c1-16(2)20-10-7-11-21(17(3)4)25(20)29-27(30)32-26-22-9-6-5-8-18(22)15-31-24-13-12-19(28)14-23(24)26/h5-14,16-17,26H,15H2,1-4H3,(H,29,30). The van der Waals surface area contributed by atoms with Crippen LogP contribution in [0.1, 0.15) is 73.5 Å². The van der Waals surface area contributed by atoms with Gasteiger partial charge in [0.15, 0.2) is 6.10 Å². The van der Waals surface area contributed by atoms with Gasteiger partial charge in [-0.25, -0.2) is 4.79 Å². The van der Waals surface area contributed by atoms with E-state index in [4.69, 9.17) is 21.1 Å². The summed E-state index contributed by atoms with van der Waals surface area (Å²) in [6, 6.07) is 19.4. The fourth-order valence-corrected chi connectivity index (χ4v) is 4.34. The summed E-state index contributed by atoms with van der Waals surface area (Å²) in [4.78, 5) is 13.2. The van der Waals surface area contributed by atoms with Crippen LogP contribution in [-0.2, 0) is 11.3 Å². The molecule has 32 heavy (non-hydrogen) atoms. The molecule has 1 atom stereocenters. The molecule has 5 heteroatoms. The minimum absolute atomic E-state index is 0.260. The molecule has 0 spiro atoms. The molecule has 3 aromatic carbocycles. The van der Waals surface area contributed by atoms with E-state index < -0.39 is 12.2 Å². The van der Waals surface area contributed by atoms with Gasteiger partial charge in [0.25, 0.3) is 0 Å². The fourth-order valence-electron chi connectivity index (χ4n) is 4.16. The molecule has 0 bridgehead atoms. The number of benzene rings is 3. The molecule has 0 aliphatic carbocycles. The molecule has 0 fully saturated rings. The Balaban J connectivity index is 1.71. The number of nitrogens with one attached hydrogen (secondary N) is 1. The van der Waals surface area contributed by atoms with E-state index in [1.165, 1.54) is 0 Å². The van der Waals surface area contributed by atoms with E-state index in [0.29, 0.717) is 17.4 Å². The van der Waals surface area contributed by atoms with Crippen LogP contribution in [0.3, 0.4) is 0 Å². The highest BCUT2D eigenvalue weighted by Gasteiger charge is 2.29. The number of ether oxygens (including phenoxy) is 2. The molecule has 4 nitrogen and oxygen atoms in total. The van der Waals surface area contributed by atoms with Crippen LogP contribution in [0.2, 0.25) is 5.02 Å². The summed E-state index contributed by atoms with van der Waals surface area (Å²) in [5.41, 5.74) is 5.60. The van der Waals surface area contributed by atoms with Crippen LogP contribution in [0.5, 0.6) is 5.75 Å². The van der Waals surface area contributed by atoms with Crippen molar-refractivity contribution >= 4 is 23.4 Å². The minimum Gasteiger partial charge on any atom is -0.488 e. The van der Waals surface area contributed by atoms with Gasteiger partial charge in [0.2, 0.25) is 0 Å². The average molecular weight is 450 g/mol. The summed E-state index contributed by atoms with van der Waals surface area (Å²) >= 11 is 6.29. The van der Waals surface area contributed by atoms with E-state index in [0.717, 1.165) is 33.5 Å². The maximum Gasteiger partial charge on any atom is 0.412 e. The van der Waals surface area contributed by atoms with Crippen LogP contribution < -0.4 is 10.1 Å². The Kier molecular flexibility index (Phi) is 6.43. The molecule has 0 aromatic heterocycles. The van der Waals surface area contributed by atoms with Gasteiger partial charge in [0, 0.05) is 16.1 Å². The van der Waals surface area contributed by atoms with Crippen molar-refractivity contribution < 1.29 is 14.3 Å². The number of hydrogen-bond acceptors (Lipinski definition) is 3. The Hall–Kier alpha value is -2.98. The predicted octanol–water partition coefficient (Wildman–Crippen LogP) is 7.82. The number of carbonyl (C=O) groups excluding carboxylic acids is 1. The maximum absolute atomic E-state index is 13.2. The molecule has 0 radical (unpaired) electrons. The Bertz CT molecular complexity index is 1110. The molecule has 1 unspecified atom stereocenters. The highest BCUT2D eigenvalue weighted by atomic mass is 35.5. The van der Waals surface area contributed by atoms with Crippen molar-refractivity contribution in [1.29, 1.82) is 0 Å². The summed E-state index contributed by atoms with van der Waals surface area (Å²) in [7, 11) is 0. The molecular weight excluding hydrogens is 422 g/mol. The highest BCUT2D eigenvalue weighted by Crippen LogP contribution is 2.40. The summed E-state index contributed by atoms with van der Waals surface area (Å²) < 4.78 is 12.1. The van der Waals surface area contributed by atoms with Crippen molar-refractivity contribution in [3.63, 3.8) is 0 Å². The maximum atomic E-state index is 13.2. The van der Waals surface area contributed by atoms with Crippen molar-refractivity contribution in [2.75, 3.05) is 5.32 Å². The summed E-state index contributed by atoms with van der Waals surface area (Å²) in [6.07, 6.45) is -1.14. The minimum atomic E-state index is -0.629. The normalized spacial score (nSPS) is 14.9. The molecule has 1 aliphatic rings. The Morgan fingerprint density at radius 1 is 0.969 bits per heavy atom. The molecule has 4 rings (SSSR count). The van der Waals surface area contributed by atoms with Gasteiger partial charge < -0.3 is 9.47 Å². The molecular formula is C27H28ClNO3. The predicted molar refractivity (Wildman–Crippen MR) is 129 cm³/mol. The Labute approximate surface area is 194 Å². The molecule has 3 aromatic rings. The Morgan fingerprint density at radius 2 is 1.66 bits per heavy atom. The van der Waals surface area contributed by atoms with Crippen molar-refractivity contribution in [2.24, 2.45) is 0 Å². The van der Waals surface area contributed by atoms with Crippen molar-refractivity contribution in [1.82, 2.24) is 0 Å². The molecule has 1 amide bonds. The van der Waals surface area contributed by atoms with Crippen LogP contribution in [0.15, 0.2) is 60.7 Å². The van der Waals surface area contributed by atoms with Crippen LogP contribution in [0.25, 0.3) is 0 Å². The van der Waals surface area contributed by atoms with Gasteiger partial charge in [0.05, 0.1) is 5.69 Å². The number of rotatable bonds is 4. The average Bonchev–Trinajstić information content (AvgIpc) is 2.90. The molecule has 1 aliphatic heterocycles. The topological polar surface area (TPSA) is 47.6 Å². The number of amides is 1. The lowest BCUT2D eigenvalue weighted by Gasteiger charge is -2.23. The number of anilines is 1. The van der Waals surface area contributed by atoms with Gasteiger partial charge in [-0.15, -0.1) is 0 Å². The summed E-state index contributed by atoms with van der Waals surface area (Å²) in [6.45, 7) is 8.88. The first-order valence-electron chi connectivity index (χ1n) is 11.0. The van der Waals surface area contributed by atoms with E-state index in [1.807, 2.05) is 36.4 Å². The number of carbonyl (C=O) groups is 1. The van der Waals surface area contributed by atoms with Crippen molar-refractivity contribution in [2.45, 2.75) is 52.2 Å². The zero-order chi connectivity index (χ0) is 22.8. The van der Waals surface area contributed by atoms with E-state index in [9.17, 15) is 4.79 Å². The summed E-state index contributed by atoms with van der Waals surface area (Å²) in [5, 5.41) is 3.61. The van der Waals surface area contributed by atoms with E-state index >= 15 is 0 Å². The second-order valence-electron chi connectivity index (χ2n) is 8.70. The van der Waals surface area contributed by atoms with Crippen molar-refractivity contribution in [3.8, 4) is 5.75 Å². The zero-order valence-corrected chi connectivity index (χ0v) is 19.6. The second kappa shape index (κ2) is 9.25. The van der Waals surface area contributed by atoms with Gasteiger partial charge in [-0.1, -0.05) is 81.8 Å². The zero-order valence-electron chi connectivity index (χ0n) is 18.8. The van der Waals surface area contributed by atoms with Gasteiger partial charge in [0.1, 0.15) is 12.4 Å². The largest absolute Gasteiger partial charge is 0.488 e. The first-order chi connectivity index (χ1) is 15.3. The van der Waals surface area contributed by atoms with Crippen LogP contribution in [0.4, 0.5) is 10.5 Å². The van der Waals surface area contributed by atoms with Crippen LogP contribution in [-0.4, -0.2) is 6.09 Å². The molecule has 1 N–H and O–H groups in total. The number of fused-ring (bicyclic) bond motifs is 2. The number of para-hydroxylation sites is 1. The summed E-state index contributed by atoms with van der Waals surface area (Å²) in [5.74, 6) is 1.18. The molecule has 0 saturated heterocycles. The van der Waals surface area contributed by atoms with E-state index in [-0.39, 0.29) is 11.8 Å². The molecule has 166 valence electrons. The first-order valence-corrected chi connectivity index (χ1v) is 11.3. The lowest BCUT2D eigenvalue weighted by atomic mass is 9.93. The third kappa shape index (κ3) is 4.46. The third-order valence-corrected chi connectivity index (χ3v) is 6.04. The second-order valence-corrected chi connectivity index (χ2v) is 9.14. The fraction of sp³-hybridized carbons (Fsp3) is 0.296. The SMILES string of the molecule is CC(C)c1cccc(C(C)C)c1NC(=O)OC1c2ccccc2COc2ccc(Cl)cc21. The van der Waals surface area contributed by atoms with E-state index in [2.05, 4.69) is 45.1 Å². The Morgan fingerprint density at radius 3 is 2.34 bits per heavy atom. The van der Waals surface area contributed by atoms with Gasteiger partial charge in [-0.05, 0) is 46.7 Å². The van der Waals surface area contributed by atoms with Gasteiger partial charge in [-0.3, -0.25) is 5.32 Å². The number of halogens is 1.